The summed E-state index contributed by atoms with van der Waals surface area (Å²) in [5.41, 5.74) is -0.636. The molecule has 0 aromatic carbocycles. The number of aliphatic carboxylic acids is 1. The Morgan fingerprint density at radius 2 is 2.33 bits per heavy atom. The number of aromatic nitrogens is 2. The number of nitrogens with one attached hydrogen (secondary N) is 1. The maximum absolute atomic E-state index is 11.2. The molecule has 98 valence electrons. The van der Waals surface area contributed by atoms with Gasteiger partial charge in [-0.2, -0.15) is 4.98 Å². The summed E-state index contributed by atoms with van der Waals surface area (Å²) in [5, 5.41) is 12.2. The van der Waals surface area contributed by atoms with E-state index in [9.17, 15) is 9.90 Å². The van der Waals surface area contributed by atoms with Crippen molar-refractivity contribution >= 4 is 11.8 Å². The van der Waals surface area contributed by atoms with E-state index in [0.29, 0.717) is 37.7 Å². The molecule has 0 unspecified atom stereocenters. The van der Waals surface area contributed by atoms with Crippen LogP contribution in [0.3, 0.4) is 0 Å². The summed E-state index contributed by atoms with van der Waals surface area (Å²) in [4.78, 5) is 19.4. The number of anilines is 1. The van der Waals surface area contributed by atoms with Crippen LogP contribution in [0.1, 0.15) is 26.2 Å². The van der Waals surface area contributed by atoms with Crippen molar-refractivity contribution in [2.45, 2.75) is 26.2 Å². The Hall–Kier alpha value is -1.85. The van der Waals surface area contributed by atoms with Crippen LogP contribution in [0.15, 0.2) is 12.4 Å². The van der Waals surface area contributed by atoms with Crippen molar-refractivity contribution in [3.8, 4) is 5.88 Å². The Kier molecular flexibility index (Phi) is 3.64. The first-order chi connectivity index (χ1) is 8.66. The average Bonchev–Trinajstić information content (AvgIpc) is 2.28. The van der Waals surface area contributed by atoms with Crippen LogP contribution in [-0.2, 0) is 4.79 Å². The highest BCUT2D eigenvalue weighted by Crippen LogP contribution is 2.41. The van der Waals surface area contributed by atoms with E-state index in [2.05, 4.69) is 15.3 Å². The molecule has 1 heterocycles. The molecule has 1 saturated carbocycles. The molecule has 2 rings (SSSR count). The van der Waals surface area contributed by atoms with Gasteiger partial charge in [-0.1, -0.05) is 6.42 Å². The second-order valence-corrected chi connectivity index (χ2v) is 4.47. The van der Waals surface area contributed by atoms with Gasteiger partial charge in [-0.25, -0.2) is 0 Å². The zero-order valence-electron chi connectivity index (χ0n) is 10.3. The minimum absolute atomic E-state index is 0.382. The van der Waals surface area contributed by atoms with E-state index < -0.39 is 11.4 Å². The molecule has 1 aliphatic carbocycles. The van der Waals surface area contributed by atoms with E-state index in [0.717, 1.165) is 6.42 Å². The molecule has 1 aliphatic rings. The van der Waals surface area contributed by atoms with E-state index in [1.165, 1.54) is 6.20 Å². The Morgan fingerprint density at radius 3 is 2.89 bits per heavy atom. The smallest absolute Gasteiger partial charge is 0.311 e. The molecule has 2 N–H and O–H groups in total. The minimum Gasteiger partial charge on any atom is -0.481 e. The van der Waals surface area contributed by atoms with Gasteiger partial charge in [0.2, 0.25) is 5.88 Å². The highest BCUT2D eigenvalue weighted by Gasteiger charge is 2.44. The molecule has 6 nitrogen and oxygen atoms in total. The lowest BCUT2D eigenvalue weighted by molar-refractivity contribution is -0.153. The number of hydrogen-bond donors (Lipinski definition) is 2. The van der Waals surface area contributed by atoms with Crippen LogP contribution in [0.4, 0.5) is 5.82 Å². The van der Waals surface area contributed by atoms with Crippen LogP contribution >= 0.6 is 0 Å². The van der Waals surface area contributed by atoms with E-state index in [1.807, 2.05) is 6.92 Å². The highest BCUT2D eigenvalue weighted by atomic mass is 16.5. The Labute approximate surface area is 105 Å². The summed E-state index contributed by atoms with van der Waals surface area (Å²) in [5.74, 6) is 0.254. The topological polar surface area (TPSA) is 84.3 Å². The standard InChI is InChI=1S/C12H17N3O3/c1-2-18-10-7-13-6-9(15-10)14-8-12(11(16)17)4-3-5-12/h6-7H,2-5,8H2,1H3,(H,14,15)(H,16,17). The predicted octanol–water partition coefficient (Wildman–Crippen LogP) is 1.54. The van der Waals surface area contributed by atoms with Crippen LogP contribution in [0, 0.1) is 5.41 Å². The van der Waals surface area contributed by atoms with Crippen molar-refractivity contribution < 1.29 is 14.6 Å². The van der Waals surface area contributed by atoms with E-state index >= 15 is 0 Å². The van der Waals surface area contributed by atoms with Crippen molar-refractivity contribution in [2.75, 3.05) is 18.5 Å². The van der Waals surface area contributed by atoms with Gasteiger partial charge >= 0.3 is 5.97 Å². The summed E-state index contributed by atoms with van der Waals surface area (Å²) in [7, 11) is 0. The van der Waals surface area contributed by atoms with Crippen molar-refractivity contribution in [2.24, 2.45) is 5.41 Å². The van der Waals surface area contributed by atoms with E-state index in [4.69, 9.17) is 4.74 Å². The lowest BCUT2D eigenvalue weighted by Gasteiger charge is -2.37. The summed E-state index contributed by atoms with van der Waals surface area (Å²) in [6, 6.07) is 0. The van der Waals surface area contributed by atoms with Crippen LogP contribution in [0.2, 0.25) is 0 Å². The van der Waals surface area contributed by atoms with Gasteiger partial charge in [-0.3, -0.25) is 9.78 Å². The minimum atomic E-state index is -0.741. The van der Waals surface area contributed by atoms with Gasteiger partial charge in [0.15, 0.2) is 0 Å². The molecular formula is C12H17N3O3. The Balaban J connectivity index is 1.97. The lowest BCUT2D eigenvalue weighted by Crippen LogP contribution is -2.43. The zero-order valence-corrected chi connectivity index (χ0v) is 10.3. The van der Waals surface area contributed by atoms with Gasteiger partial charge in [0, 0.05) is 6.54 Å². The predicted molar refractivity (Wildman–Crippen MR) is 65.6 cm³/mol. The monoisotopic (exact) mass is 251 g/mol. The molecular weight excluding hydrogens is 234 g/mol. The molecule has 6 heteroatoms. The van der Waals surface area contributed by atoms with Gasteiger partial charge in [0.25, 0.3) is 0 Å². The van der Waals surface area contributed by atoms with Gasteiger partial charge < -0.3 is 15.2 Å². The molecule has 0 radical (unpaired) electrons. The number of carboxylic acids is 1. The normalized spacial score (nSPS) is 16.7. The number of carbonyl (C=O) groups is 1. The number of hydrogen-bond acceptors (Lipinski definition) is 5. The summed E-state index contributed by atoms with van der Waals surface area (Å²) >= 11 is 0. The third kappa shape index (κ3) is 2.52. The number of nitrogens with zero attached hydrogens (tertiary/aromatic N) is 2. The fourth-order valence-corrected chi connectivity index (χ4v) is 1.98. The van der Waals surface area contributed by atoms with Crippen molar-refractivity contribution in [3.63, 3.8) is 0 Å². The lowest BCUT2D eigenvalue weighted by atomic mass is 9.69. The first-order valence-electron chi connectivity index (χ1n) is 6.08. The van der Waals surface area contributed by atoms with Crippen LogP contribution < -0.4 is 10.1 Å². The van der Waals surface area contributed by atoms with Gasteiger partial charge in [-0.15, -0.1) is 0 Å². The molecule has 1 aromatic rings. The summed E-state index contributed by atoms with van der Waals surface area (Å²) in [6.45, 7) is 2.78. The SMILES string of the molecule is CCOc1cncc(NCC2(C(=O)O)CCC2)n1. The van der Waals surface area contributed by atoms with Crippen molar-refractivity contribution in [1.82, 2.24) is 9.97 Å². The quantitative estimate of drug-likeness (QED) is 0.797. The number of ether oxygens (including phenoxy) is 1. The molecule has 0 saturated heterocycles. The summed E-state index contributed by atoms with van der Waals surface area (Å²) < 4.78 is 5.24. The van der Waals surface area contributed by atoms with Gasteiger partial charge in [0.1, 0.15) is 5.82 Å². The first-order valence-corrected chi connectivity index (χ1v) is 6.08. The Bertz CT molecular complexity index is 432. The zero-order chi connectivity index (χ0) is 13.0. The molecule has 0 aliphatic heterocycles. The summed E-state index contributed by atoms with van der Waals surface area (Å²) in [6.07, 6.45) is 5.50. The second kappa shape index (κ2) is 5.20. The van der Waals surface area contributed by atoms with Crippen LogP contribution in [0.25, 0.3) is 0 Å². The molecule has 0 amide bonds. The molecule has 0 atom stereocenters. The molecule has 1 aromatic heterocycles. The molecule has 18 heavy (non-hydrogen) atoms. The fourth-order valence-electron chi connectivity index (χ4n) is 1.98. The first kappa shape index (κ1) is 12.6. The van der Waals surface area contributed by atoms with Gasteiger partial charge in [-0.05, 0) is 19.8 Å². The largest absolute Gasteiger partial charge is 0.481 e. The van der Waals surface area contributed by atoms with E-state index in [-0.39, 0.29) is 0 Å². The fraction of sp³-hybridized carbons (Fsp3) is 0.583. The average molecular weight is 251 g/mol. The maximum Gasteiger partial charge on any atom is 0.311 e. The second-order valence-electron chi connectivity index (χ2n) is 4.47. The third-order valence-electron chi connectivity index (χ3n) is 3.28. The van der Waals surface area contributed by atoms with Crippen LogP contribution in [0.5, 0.6) is 5.88 Å². The maximum atomic E-state index is 11.2. The molecule has 0 spiro atoms. The number of rotatable bonds is 6. The van der Waals surface area contributed by atoms with Crippen molar-refractivity contribution in [1.29, 1.82) is 0 Å². The van der Waals surface area contributed by atoms with Crippen molar-refractivity contribution in [3.05, 3.63) is 12.4 Å². The highest BCUT2D eigenvalue weighted by molar-refractivity contribution is 5.76. The third-order valence-corrected chi connectivity index (χ3v) is 3.28. The number of carboxylic acid groups (broad SMARTS) is 1. The van der Waals surface area contributed by atoms with Crippen LogP contribution in [-0.4, -0.2) is 34.2 Å². The Morgan fingerprint density at radius 1 is 1.56 bits per heavy atom. The molecule has 0 bridgehead atoms. The van der Waals surface area contributed by atoms with Gasteiger partial charge in [0.05, 0.1) is 24.4 Å². The van der Waals surface area contributed by atoms with E-state index in [1.54, 1.807) is 6.20 Å². The molecule has 1 fully saturated rings.